The third-order valence-corrected chi connectivity index (χ3v) is 5.99. The molecule has 0 atom stereocenters. The Morgan fingerprint density at radius 2 is 1.86 bits per heavy atom. The van der Waals surface area contributed by atoms with E-state index >= 15 is 0 Å². The number of carbonyl (C=O) groups excluding carboxylic acids is 1. The lowest BCUT2D eigenvalue weighted by Gasteiger charge is -2.12. The van der Waals surface area contributed by atoms with Gasteiger partial charge >= 0.3 is 0 Å². The van der Waals surface area contributed by atoms with Crippen LogP contribution in [0.5, 0.6) is 11.5 Å². The number of nitrogens with one attached hydrogen (secondary N) is 1. The zero-order valence-corrected chi connectivity index (χ0v) is 15.3. The van der Waals surface area contributed by atoms with Crippen LogP contribution in [0.3, 0.4) is 0 Å². The fourth-order valence-electron chi connectivity index (χ4n) is 2.05. The van der Waals surface area contributed by atoms with Crippen LogP contribution in [0.2, 0.25) is 0 Å². The average Bonchev–Trinajstić information content (AvgIpc) is 2.55. The van der Waals surface area contributed by atoms with Gasteiger partial charge in [-0.2, -0.15) is 23.5 Å². The summed E-state index contributed by atoms with van der Waals surface area (Å²) in [6, 6.07) is 5.82. The largest absolute Gasteiger partial charge is 0.493 e. The molecule has 1 N–H and O–H groups in total. The highest BCUT2D eigenvalue weighted by atomic mass is 32.2. The lowest BCUT2D eigenvalue weighted by atomic mass is 10.1. The summed E-state index contributed by atoms with van der Waals surface area (Å²) in [5.41, 5.74) is 1.11. The van der Waals surface area contributed by atoms with Gasteiger partial charge in [0.2, 0.25) is 5.91 Å². The smallest absolute Gasteiger partial charge is 0.220 e. The number of benzene rings is 1. The zero-order chi connectivity index (χ0) is 16.4. The zero-order valence-electron chi connectivity index (χ0n) is 13.7. The molecule has 0 fully saturated rings. The molecule has 4 nitrogen and oxygen atoms in total. The number of hydrogen-bond donors (Lipinski definition) is 1. The van der Waals surface area contributed by atoms with E-state index in [0.717, 1.165) is 24.2 Å². The highest BCUT2D eigenvalue weighted by molar-refractivity contribution is 8.16. The van der Waals surface area contributed by atoms with Crippen LogP contribution in [0.25, 0.3) is 0 Å². The Labute approximate surface area is 141 Å². The van der Waals surface area contributed by atoms with Crippen molar-refractivity contribution < 1.29 is 14.3 Å². The summed E-state index contributed by atoms with van der Waals surface area (Å²) in [5, 5.41) is 2.97. The second-order valence-electron chi connectivity index (χ2n) is 4.73. The molecule has 0 radical (unpaired) electrons. The van der Waals surface area contributed by atoms with Crippen LogP contribution in [0.4, 0.5) is 0 Å². The summed E-state index contributed by atoms with van der Waals surface area (Å²) in [6.45, 7) is 0.636. The van der Waals surface area contributed by atoms with E-state index in [1.165, 1.54) is 0 Å². The lowest BCUT2D eigenvalue weighted by Crippen LogP contribution is -2.26. The molecule has 0 aliphatic carbocycles. The van der Waals surface area contributed by atoms with Gasteiger partial charge in [0.15, 0.2) is 11.5 Å². The van der Waals surface area contributed by atoms with Crippen LogP contribution in [0.1, 0.15) is 18.4 Å². The van der Waals surface area contributed by atoms with Crippen molar-refractivity contribution in [2.75, 3.05) is 33.3 Å². The van der Waals surface area contributed by atoms with Gasteiger partial charge in [0.1, 0.15) is 0 Å². The maximum Gasteiger partial charge on any atom is 0.220 e. The molecule has 0 spiro atoms. The molecule has 0 unspecified atom stereocenters. The van der Waals surface area contributed by atoms with Crippen LogP contribution >= 0.6 is 23.5 Å². The molecule has 1 amide bonds. The molecular weight excluding hydrogens is 318 g/mol. The minimum absolute atomic E-state index is 0.119. The van der Waals surface area contributed by atoms with Gasteiger partial charge in [-0.15, -0.1) is 0 Å². The fraction of sp³-hybridized carbons (Fsp3) is 0.562. The quantitative estimate of drug-likeness (QED) is 0.661. The predicted octanol–water partition coefficient (Wildman–Crippen LogP) is 3.19. The molecule has 0 aliphatic heterocycles. The first-order valence-electron chi connectivity index (χ1n) is 7.17. The van der Waals surface area contributed by atoms with E-state index in [1.54, 1.807) is 37.7 Å². The molecule has 22 heavy (non-hydrogen) atoms. The van der Waals surface area contributed by atoms with Gasteiger partial charge in [0, 0.05) is 13.0 Å². The molecule has 124 valence electrons. The van der Waals surface area contributed by atoms with Crippen molar-refractivity contribution in [3.8, 4) is 11.5 Å². The maximum absolute atomic E-state index is 11.8. The monoisotopic (exact) mass is 343 g/mol. The Hall–Kier alpha value is -1.01. The van der Waals surface area contributed by atoms with Crippen molar-refractivity contribution in [2.45, 2.75) is 23.8 Å². The first-order valence-corrected chi connectivity index (χ1v) is 9.75. The molecule has 0 heterocycles. The highest BCUT2D eigenvalue weighted by Gasteiger charge is 2.09. The molecular formula is C16H25NO3S2. The Morgan fingerprint density at radius 1 is 1.18 bits per heavy atom. The molecule has 0 aromatic heterocycles. The SMILES string of the molecule is COc1ccc(CCNC(=O)CCC(SC)SC)cc1OC. The molecule has 0 bridgehead atoms. The molecule has 0 saturated carbocycles. The van der Waals surface area contributed by atoms with Crippen molar-refractivity contribution in [3.63, 3.8) is 0 Å². The van der Waals surface area contributed by atoms with E-state index in [1.807, 2.05) is 18.2 Å². The van der Waals surface area contributed by atoms with Gasteiger partial charge in [-0.3, -0.25) is 4.79 Å². The summed E-state index contributed by atoms with van der Waals surface area (Å²) >= 11 is 3.59. The van der Waals surface area contributed by atoms with Gasteiger partial charge in [-0.1, -0.05) is 6.07 Å². The predicted molar refractivity (Wildman–Crippen MR) is 96.3 cm³/mol. The summed E-state index contributed by atoms with van der Waals surface area (Å²) in [5.74, 6) is 1.55. The van der Waals surface area contributed by atoms with E-state index in [2.05, 4.69) is 17.8 Å². The number of methoxy groups -OCH3 is 2. The second kappa shape index (κ2) is 10.7. The van der Waals surface area contributed by atoms with E-state index in [4.69, 9.17) is 9.47 Å². The Balaban J connectivity index is 2.36. The standard InChI is InChI=1S/C16H25NO3S2/c1-19-13-6-5-12(11-14(13)20-2)9-10-17-15(18)7-8-16(21-3)22-4/h5-6,11,16H,7-10H2,1-4H3,(H,17,18). The molecule has 0 aliphatic rings. The Kier molecular flexibility index (Phi) is 9.24. The van der Waals surface area contributed by atoms with Crippen molar-refractivity contribution in [1.29, 1.82) is 0 Å². The Bertz CT molecular complexity index is 465. The van der Waals surface area contributed by atoms with E-state index in [9.17, 15) is 4.79 Å². The third kappa shape index (κ3) is 6.40. The topological polar surface area (TPSA) is 47.6 Å². The van der Waals surface area contributed by atoms with Crippen molar-refractivity contribution in [2.24, 2.45) is 0 Å². The number of thioether (sulfide) groups is 2. The summed E-state index contributed by atoms with van der Waals surface area (Å²) in [4.78, 5) is 11.8. The normalized spacial score (nSPS) is 10.6. The van der Waals surface area contributed by atoms with Crippen molar-refractivity contribution in [1.82, 2.24) is 5.32 Å². The average molecular weight is 344 g/mol. The number of hydrogen-bond acceptors (Lipinski definition) is 5. The van der Waals surface area contributed by atoms with Gasteiger partial charge < -0.3 is 14.8 Å². The van der Waals surface area contributed by atoms with Gasteiger partial charge in [-0.05, 0) is 43.0 Å². The van der Waals surface area contributed by atoms with Crippen LogP contribution < -0.4 is 14.8 Å². The van der Waals surface area contributed by atoms with Crippen LogP contribution in [0.15, 0.2) is 18.2 Å². The van der Waals surface area contributed by atoms with E-state index in [0.29, 0.717) is 23.3 Å². The molecule has 6 heteroatoms. The Morgan fingerprint density at radius 3 is 2.45 bits per heavy atom. The second-order valence-corrected chi connectivity index (χ2v) is 7.11. The number of amides is 1. The molecule has 1 aromatic carbocycles. The fourth-order valence-corrected chi connectivity index (χ4v) is 3.53. The summed E-state index contributed by atoms with van der Waals surface area (Å²) in [6.07, 6.45) is 6.43. The first kappa shape index (κ1) is 19.0. The lowest BCUT2D eigenvalue weighted by molar-refractivity contribution is -0.121. The van der Waals surface area contributed by atoms with Gasteiger partial charge in [0.05, 0.1) is 18.8 Å². The van der Waals surface area contributed by atoms with Crippen LogP contribution in [-0.4, -0.2) is 43.8 Å². The van der Waals surface area contributed by atoms with Gasteiger partial charge in [-0.25, -0.2) is 0 Å². The molecule has 1 rings (SSSR count). The minimum atomic E-state index is 0.119. The van der Waals surface area contributed by atoms with Gasteiger partial charge in [0.25, 0.3) is 0 Å². The van der Waals surface area contributed by atoms with Crippen LogP contribution in [0, 0.1) is 0 Å². The summed E-state index contributed by atoms with van der Waals surface area (Å²) in [7, 11) is 3.24. The van der Waals surface area contributed by atoms with Crippen molar-refractivity contribution >= 4 is 29.4 Å². The third-order valence-electron chi connectivity index (χ3n) is 3.32. The number of ether oxygens (including phenoxy) is 2. The maximum atomic E-state index is 11.8. The minimum Gasteiger partial charge on any atom is -0.493 e. The van der Waals surface area contributed by atoms with E-state index in [-0.39, 0.29) is 5.91 Å². The van der Waals surface area contributed by atoms with Crippen molar-refractivity contribution in [3.05, 3.63) is 23.8 Å². The number of carbonyl (C=O) groups is 1. The van der Waals surface area contributed by atoms with Crippen LogP contribution in [-0.2, 0) is 11.2 Å². The molecule has 0 saturated heterocycles. The highest BCUT2D eigenvalue weighted by Crippen LogP contribution is 2.27. The first-order chi connectivity index (χ1) is 10.6. The summed E-state index contributed by atoms with van der Waals surface area (Å²) < 4.78 is 11.0. The number of rotatable bonds is 10. The van der Waals surface area contributed by atoms with E-state index < -0.39 is 0 Å². The molecule has 1 aromatic rings.